The van der Waals surface area contributed by atoms with E-state index >= 15 is 0 Å². The van der Waals surface area contributed by atoms with Crippen LogP contribution in [0.5, 0.6) is 0 Å². The number of hydrogen-bond donors (Lipinski definition) is 0. The molecule has 8 aromatic carbocycles. The van der Waals surface area contributed by atoms with Crippen molar-refractivity contribution in [1.29, 1.82) is 0 Å². The van der Waals surface area contributed by atoms with E-state index in [1.165, 1.54) is 58.9 Å². The minimum atomic E-state index is 0.106. The van der Waals surface area contributed by atoms with Gasteiger partial charge in [-0.2, -0.15) is 0 Å². The molecule has 0 bridgehead atoms. The van der Waals surface area contributed by atoms with Gasteiger partial charge in [0.25, 0.3) is 0 Å². The quantitative estimate of drug-likeness (QED) is 0.168. The predicted molar refractivity (Wildman–Crippen MR) is 248 cm³/mol. The van der Waals surface area contributed by atoms with E-state index in [2.05, 4.69) is 209 Å². The predicted octanol–water partition coefficient (Wildman–Crippen LogP) is 16.4. The van der Waals surface area contributed by atoms with Crippen molar-refractivity contribution in [2.45, 2.75) is 44.9 Å². The molecule has 0 spiro atoms. The van der Waals surface area contributed by atoms with Gasteiger partial charge >= 0.3 is 0 Å². The second-order valence-corrected chi connectivity index (χ2v) is 18.3. The van der Waals surface area contributed by atoms with Crippen LogP contribution < -0.4 is 4.90 Å². The standard InChI is InChI=1S/C55H43NOS/c1-54(2)34-55(3,4)46-33-50-44(32-45(46)54)43-31-39(26-29-49(43)57-50)41-18-8-10-20-47(41)56(48-21-13-23-52-53(48)42-19-9-11-22-51(42)58-52)40-27-24-36(25-28-40)38-17-12-16-37(30-38)35-14-6-5-7-15-35/h5-33H,34H2,1-4H3. The second-order valence-electron chi connectivity index (χ2n) is 17.2. The molecule has 2 nitrogen and oxygen atoms in total. The molecule has 10 aromatic rings. The molecule has 1 aliphatic carbocycles. The number of rotatable bonds is 6. The van der Waals surface area contributed by atoms with Crippen molar-refractivity contribution in [3.05, 3.63) is 187 Å². The molecule has 11 rings (SSSR count). The zero-order chi connectivity index (χ0) is 39.2. The van der Waals surface area contributed by atoms with E-state index < -0.39 is 0 Å². The van der Waals surface area contributed by atoms with E-state index in [9.17, 15) is 0 Å². The summed E-state index contributed by atoms with van der Waals surface area (Å²) in [7, 11) is 0. The molecule has 0 aliphatic heterocycles. The van der Waals surface area contributed by atoms with Gasteiger partial charge in [0.15, 0.2) is 0 Å². The van der Waals surface area contributed by atoms with Crippen molar-refractivity contribution in [3.8, 4) is 33.4 Å². The van der Waals surface area contributed by atoms with Gasteiger partial charge in [-0.1, -0.05) is 137 Å². The largest absolute Gasteiger partial charge is 0.456 e. The van der Waals surface area contributed by atoms with Gasteiger partial charge in [-0.3, -0.25) is 0 Å². The van der Waals surface area contributed by atoms with Gasteiger partial charge in [0.1, 0.15) is 11.2 Å². The van der Waals surface area contributed by atoms with Gasteiger partial charge in [-0.15, -0.1) is 11.3 Å². The molecular weight excluding hydrogens is 723 g/mol. The summed E-state index contributed by atoms with van der Waals surface area (Å²) >= 11 is 1.86. The van der Waals surface area contributed by atoms with E-state index in [0.717, 1.165) is 51.2 Å². The molecule has 0 N–H and O–H groups in total. The van der Waals surface area contributed by atoms with Gasteiger partial charge < -0.3 is 9.32 Å². The number of para-hydroxylation sites is 1. The normalized spacial score (nSPS) is 14.4. The Hall–Kier alpha value is -6.42. The average Bonchev–Trinajstić information content (AvgIpc) is 3.87. The maximum Gasteiger partial charge on any atom is 0.135 e. The van der Waals surface area contributed by atoms with Crippen LogP contribution in [0.3, 0.4) is 0 Å². The Morgan fingerprint density at radius 1 is 0.448 bits per heavy atom. The van der Waals surface area contributed by atoms with Crippen molar-refractivity contribution < 1.29 is 4.42 Å². The number of benzene rings is 8. The monoisotopic (exact) mass is 765 g/mol. The Bertz CT molecular complexity index is 3200. The van der Waals surface area contributed by atoms with Crippen LogP contribution in [-0.2, 0) is 10.8 Å². The Kier molecular flexibility index (Phi) is 7.83. The number of hydrogen-bond acceptors (Lipinski definition) is 3. The SMILES string of the molecule is CC1(C)CC(C)(C)c2cc3c(cc21)oc1ccc(-c2ccccc2N(c2ccc(-c4cccc(-c5ccccc5)c4)cc2)c2cccc4sc5ccccc5c24)cc13. The summed E-state index contributed by atoms with van der Waals surface area (Å²) in [5.41, 5.74) is 15.5. The van der Waals surface area contributed by atoms with Crippen LogP contribution in [0.25, 0.3) is 75.5 Å². The molecule has 0 amide bonds. The molecule has 0 saturated carbocycles. The number of anilines is 3. The maximum atomic E-state index is 6.60. The fraction of sp³-hybridized carbons (Fsp3) is 0.127. The van der Waals surface area contributed by atoms with Crippen LogP contribution in [0.1, 0.15) is 45.2 Å². The van der Waals surface area contributed by atoms with Crippen LogP contribution >= 0.6 is 11.3 Å². The lowest BCUT2D eigenvalue weighted by Gasteiger charge is -2.29. The topological polar surface area (TPSA) is 16.4 Å². The summed E-state index contributed by atoms with van der Waals surface area (Å²) in [6, 6.07) is 64.5. The molecule has 58 heavy (non-hydrogen) atoms. The summed E-state index contributed by atoms with van der Waals surface area (Å²) < 4.78 is 9.17. The average molecular weight is 766 g/mol. The van der Waals surface area contributed by atoms with Crippen LogP contribution in [0.4, 0.5) is 17.1 Å². The molecule has 0 radical (unpaired) electrons. The zero-order valence-corrected chi connectivity index (χ0v) is 34.0. The third kappa shape index (κ3) is 5.60. The molecule has 2 aromatic heterocycles. The van der Waals surface area contributed by atoms with E-state index in [-0.39, 0.29) is 10.8 Å². The first-order valence-electron chi connectivity index (χ1n) is 20.3. The number of fused-ring (bicyclic) bond motifs is 7. The third-order valence-electron chi connectivity index (χ3n) is 12.5. The first-order chi connectivity index (χ1) is 28.2. The fourth-order valence-corrected chi connectivity index (χ4v) is 11.1. The van der Waals surface area contributed by atoms with Crippen molar-refractivity contribution in [3.63, 3.8) is 0 Å². The van der Waals surface area contributed by atoms with E-state index in [1.807, 2.05) is 11.3 Å². The Morgan fingerprint density at radius 2 is 1.05 bits per heavy atom. The molecular formula is C55H43NOS. The summed E-state index contributed by atoms with van der Waals surface area (Å²) in [4.78, 5) is 2.47. The highest BCUT2D eigenvalue weighted by atomic mass is 32.1. The number of furan rings is 1. The molecule has 0 atom stereocenters. The minimum Gasteiger partial charge on any atom is -0.456 e. The summed E-state index contributed by atoms with van der Waals surface area (Å²) in [6.45, 7) is 9.51. The summed E-state index contributed by atoms with van der Waals surface area (Å²) in [5, 5.41) is 4.90. The van der Waals surface area contributed by atoms with Crippen LogP contribution in [0, 0.1) is 0 Å². The van der Waals surface area contributed by atoms with Crippen molar-refractivity contribution in [2.75, 3.05) is 4.90 Å². The van der Waals surface area contributed by atoms with Gasteiger partial charge in [-0.05, 0) is 123 Å². The van der Waals surface area contributed by atoms with Crippen LogP contribution in [0.15, 0.2) is 180 Å². The highest BCUT2D eigenvalue weighted by Gasteiger charge is 2.42. The lowest BCUT2D eigenvalue weighted by molar-refractivity contribution is 0.403. The first kappa shape index (κ1) is 34.8. The lowest BCUT2D eigenvalue weighted by atomic mass is 9.82. The van der Waals surface area contributed by atoms with Crippen LogP contribution in [0.2, 0.25) is 0 Å². The summed E-state index contributed by atoms with van der Waals surface area (Å²) in [5.74, 6) is 0. The molecule has 0 saturated heterocycles. The zero-order valence-electron chi connectivity index (χ0n) is 33.2. The first-order valence-corrected chi connectivity index (χ1v) is 21.1. The highest BCUT2D eigenvalue weighted by molar-refractivity contribution is 7.26. The Balaban J connectivity index is 1.09. The molecule has 3 heteroatoms. The van der Waals surface area contributed by atoms with Crippen LogP contribution in [-0.4, -0.2) is 0 Å². The van der Waals surface area contributed by atoms with Gasteiger partial charge in [-0.25, -0.2) is 0 Å². The molecule has 1 aliphatic rings. The Morgan fingerprint density at radius 3 is 1.86 bits per heavy atom. The lowest BCUT2D eigenvalue weighted by Crippen LogP contribution is -2.17. The number of nitrogens with zero attached hydrogens (tertiary/aromatic N) is 1. The maximum absolute atomic E-state index is 6.60. The van der Waals surface area contributed by atoms with Gasteiger partial charge in [0.05, 0.1) is 11.4 Å². The third-order valence-corrected chi connectivity index (χ3v) is 13.6. The van der Waals surface area contributed by atoms with Gasteiger partial charge in [0, 0.05) is 42.2 Å². The molecule has 0 unspecified atom stereocenters. The van der Waals surface area contributed by atoms with E-state index in [0.29, 0.717) is 0 Å². The van der Waals surface area contributed by atoms with Crippen molar-refractivity contribution in [1.82, 2.24) is 0 Å². The number of thiophene rings is 1. The minimum absolute atomic E-state index is 0.106. The van der Waals surface area contributed by atoms with Crippen molar-refractivity contribution >= 4 is 70.5 Å². The van der Waals surface area contributed by atoms with E-state index in [4.69, 9.17) is 4.42 Å². The molecule has 0 fully saturated rings. The van der Waals surface area contributed by atoms with Crippen molar-refractivity contribution in [2.24, 2.45) is 0 Å². The highest BCUT2D eigenvalue weighted by Crippen LogP contribution is 2.52. The Labute approximate surface area is 343 Å². The smallest absolute Gasteiger partial charge is 0.135 e. The molecule has 2 heterocycles. The second kappa shape index (κ2) is 13.1. The summed E-state index contributed by atoms with van der Waals surface area (Å²) in [6.07, 6.45) is 1.13. The van der Waals surface area contributed by atoms with Gasteiger partial charge in [0.2, 0.25) is 0 Å². The molecule has 280 valence electrons. The van der Waals surface area contributed by atoms with E-state index in [1.54, 1.807) is 0 Å². The fourth-order valence-electron chi connectivity index (χ4n) is 9.98.